The molecule has 0 saturated carbocycles. The molecule has 1 N–H and O–H groups in total. The van der Waals surface area contributed by atoms with Gasteiger partial charge < -0.3 is 10.1 Å². The molecule has 0 aliphatic rings. The largest absolute Gasteiger partial charge is 0.458 e. The van der Waals surface area contributed by atoms with Crippen molar-refractivity contribution in [2.75, 3.05) is 0 Å². The van der Waals surface area contributed by atoms with Crippen LogP contribution >= 0.6 is 0 Å². The van der Waals surface area contributed by atoms with Gasteiger partial charge in [-0.1, -0.05) is 19.9 Å². The zero-order valence-corrected chi connectivity index (χ0v) is 13.3. The maximum absolute atomic E-state index is 12.1. The van der Waals surface area contributed by atoms with E-state index in [9.17, 15) is 9.59 Å². The quantitative estimate of drug-likeness (QED) is 0.844. The van der Waals surface area contributed by atoms with E-state index in [4.69, 9.17) is 4.74 Å². The van der Waals surface area contributed by atoms with Crippen molar-refractivity contribution in [3.63, 3.8) is 0 Å². The SMILES string of the molecule is CC(C)[C@H](NC(=O)Cc1ccccn1)C(=O)OC(C)(C)C. The smallest absolute Gasteiger partial charge is 0.329 e. The van der Waals surface area contributed by atoms with Crippen molar-refractivity contribution < 1.29 is 14.3 Å². The Kier molecular flexibility index (Phi) is 5.88. The van der Waals surface area contributed by atoms with Gasteiger partial charge in [-0.15, -0.1) is 0 Å². The number of rotatable bonds is 5. The molecule has 0 unspecified atom stereocenters. The van der Waals surface area contributed by atoms with E-state index in [0.717, 1.165) is 0 Å². The number of pyridine rings is 1. The molecule has 0 radical (unpaired) electrons. The highest BCUT2D eigenvalue weighted by molar-refractivity contribution is 5.85. The van der Waals surface area contributed by atoms with Crippen molar-refractivity contribution in [3.05, 3.63) is 30.1 Å². The molecule has 0 aliphatic carbocycles. The van der Waals surface area contributed by atoms with Crippen molar-refractivity contribution in [2.24, 2.45) is 5.92 Å². The first-order valence-corrected chi connectivity index (χ1v) is 7.11. The van der Waals surface area contributed by atoms with Crippen LogP contribution in [0.5, 0.6) is 0 Å². The Morgan fingerprint density at radius 1 is 1.29 bits per heavy atom. The molecule has 1 rings (SSSR count). The van der Waals surface area contributed by atoms with E-state index < -0.39 is 17.6 Å². The molecule has 1 heterocycles. The third-order valence-electron chi connectivity index (χ3n) is 2.71. The summed E-state index contributed by atoms with van der Waals surface area (Å²) in [5.41, 5.74) is 0.0948. The van der Waals surface area contributed by atoms with Gasteiger partial charge in [0.05, 0.1) is 6.42 Å². The minimum atomic E-state index is -0.652. The summed E-state index contributed by atoms with van der Waals surface area (Å²) in [5.74, 6) is -0.697. The molecular weight excluding hydrogens is 268 g/mol. The van der Waals surface area contributed by atoms with Gasteiger partial charge in [0.1, 0.15) is 11.6 Å². The van der Waals surface area contributed by atoms with E-state index in [-0.39, 0.29) is 18.2 Å². The Morgan fingerprint density at radius 2 is 1.95 bits per heavy atom. The summed E-state index contributed by atoms with van der Waals surface area (Å²) in [5, 5.41) is 2.73. The number of ether oxygens (including phenoxy) is 1. The number of carbonyl (C=O) groups is 2. The van der Waals surface area contributed by atoms with Crippen LogP contribution in [0.3, 0.4) is 0 Å². The van der Waals surface area contributed by atoms with E-state index in [1.54, 1.807) is 39.1 Å². The minimum Gasteiger partial charge on any atom is -0.458 e. The van der Waals surface area contributed by atoms with E-state index in [1.807, 2.05) is 19.9 Å². The van der Waals surface area contributed by atoms with E-state index in [0.29, 0.717) is 5.69 Å². The van der Waals surface area contributed by atoms with Gasteiger partial charge in [0.25, 0.3) is 0 Å². The molecule has 5 nitrogen and oxygen atoms in total. The standard InChI is InChI=1S/C16H24N2O3/c1-11(2)14(15(20)21-16(3,4)5)18-13(19)10-12-8-6-7-9-17-12/h6-9,11,14H,10H2,1-5H3,(H,18,19)/t14-/m0/s1. The van der Waals surface area contributed by atoms with Crippen LogP contribution in [0, 0.1) is 5.92 Å². The first-order valence-electron chi connectivity index (χ1n) is 7.11. The second-order valence-electron chi connectivity index (χ2n) is 6.32. The zero-order valence-electron chi connectivity index (χ0n) is 13.3. The highest BCUT2D eigenvalue weighted by atomic mass is 16.6. The second kappa shape index (κ2) is 7.20. The average Bonchev–Trinajstić information content (AvgIpc) is 2.34. The van der Waals surface area contributed by atoms with E-state index >= 15 is 0 Å². The van der Waals surface area contributed by atoms with Crippen molar-refractivity contribution in [2.45, 2.75) is 52.7 Å². The van der Waals surface area contributed by atoms with Crippen LogP contribution in [-0.4, -0.2) is 28.5 Å². The summed E-state index contributed by atoms with van der Waals surface area (Å²) in [6.07, 6.45) is 1.78. The predicted octanol–water partition coefficient (Wildman–Crippen LogP) is 2.11. The molecule has 116 valence electrons. The van der Waals surface area contributed by atoms with Gasteiger partial charge in [0.15, 0.2) is 0 Å². The van der Waals surface area contributed by atoms with Gasteiger partial charge in [-0.05, 0) is 38.8 Å². The maximum atomic E-state index is 12.1. The fourth-order valence-corrected chi connectivity index (χ4v) is 1.75. The maximum Gasteiger partial charge on any atom is 0.329 e. The molecule has 1 aromatic rings. The van der Waals surface area contributed by atoms with Crippen LogP contribution < -0.4 is 5.32 Å². The Bertz CT molecular complexity index is 478. The predicted molar refractivity (Wildman–Crippen MR) is 80.6 cm³/mol. The number of carbonyl (C=O) groups excluding carboxylic acids is 2. The monoisotopic (exact) mass is 292 g/mol. The number of amides is 1. The summed E-state index contributed by atoms with van der Waals surface area (Å²) in [6, 6.07) is 4.74. The molecule has 0 aliphatic heterocycles. The Labute approximate surface area is 126 Å². The van der Waals surface area contributed by atoms with E-state index in [1.165, 1.54) is 0 Å². The van der Waals surface area contributed by atoms with Gasteiger partial charge in [0.2, 0.25) is 5.91 Å². The molecule has 5 heteroatoms. The van der Waals surface area contributed by atoms with Gasteiger partial charge in [0, 0.05) is 11.9 Å². The van der Waals surface area contributed by atoms with Crippen LogP contribution in [0.15, 0.2) is 24.4 Å². The fourth-order valence-electron chi connectivity index (χ4n) is 1.75. The van der Waals surface area contributed by atoms with Gasteiger partial charge in [-0.2, -0.15) is 0 Å². The van der Waals surface area contributed by atoms with Gasteiger partial charge in [-0.3, -0.25) is 9.78 Å². The van der Waals surface area contributed by atoms with Crippen LogP contribution in [0.2, 0.25) is 0 Å². The molecule has 1 aromatic heterocycles. The first kappa shape index (κ1) is 17.1. The number of hydrogen-bond donors (Lipinski definition) is 1. The van der Waals surface area contributed by atoms with Crippen LogP contribution in [0.4, 0.5) is 0 Å². The molecule has 0 spiro atoms. The average molecular weight is 292 g/mol. The molecule has 0 saturated heterocycles. The Balaban J connectivity index is 2.66. The third-order valence-corrected chi connectivity index (χ3v) is 2.71. The highest BCUT2D eigenvalue weighted by Gasteiger charge is 2.29. The number of esters is 1. The minimum absolute atomic E-state index is 0.0486. The van der Waals surface area contributed by atoms with Crippen molar-refractivity contribution in [3.8, 4) is 0 Å². The lowest BCUT2D eigenvalue weighted by atomic mass is 10.0. The summed E-state index contributed by atoms with van der Waals surface area (Å²) in [7, 11) is 0. The molecule has 1 atom stereocenters. The van der Waals surface area contributed by atoms with Crippen LogP contribution in [-0.2, 0) is 20.7 Å². The number of nitrogens with zero attached hydrogens (tertiary/aromatic N) is 1. The van der Waals surface area contributed by atoms with Crippen LogP contribution in [0.1, 0.15) is 40.3 Å². The number of hydrogen-bond acceptors (Lipinski definition) is 4. The fraction of sp³-hybridized carbons (Fsp3) is 0.562. The summed E-state index contributed by atoms with van der Waals surface area (Å²) in [6.45, 7) is 9.15. The summed E-state index contributed by atoms with van der Waals surface area (Å²) in [4.78, 5) is 28.3. The lowest BCUT2D eigenvalue weighted by molar-refractivity contribution is -0.160. The zero-order chi connectivity index (χ0) is 16.0. The second-order valence-corrected chi connectivity index (χ2v) is 6.32. The Hall–Kier alpha value is -1.91. The first-order chi connectivity index (χ1) is 9.69. The third kappa shape index (κ3) is 6.38. The lowest BCUT2D eigenvalue weighted by Gasteiger charge is -2.26. The highest BCUT2D eigenvalue weighted by Crippen LogP contribution is 2.12. The van der Waals surface area contributed by atoms with Crippen LogP contribution in [0.25, 0.3) is 0 Å². The number of nitrogens with one attached hydrogen (secondary N) is 1. The molecule has 0 bridgehead atoms. The van der Waals surface area contributed by atoms with Gasteiger partial charge in [-0.25, -0.2) is 4.79 Å². The molecule has 0 aromatic carbocycles. The van der Waals surface area contributed by atoms with Crippen molar-refractivity contribution in [1.82, 2.24) is 10.3 Å². The molecule has 1 amide bonds. The lowest BCUT2D eigenvalue weighted by Crippen LogP contribution is -2.47. The summed E-state index contributed by atoms with van der Waals surface area (Å²) < 4.78 is 5.34. The normalized spacial score (nSPS) is 12.9. The van der Waals surface area contributed by atoms with Crippen molar-refractivity contribution in [1.29, 1.82) is 0 Å². The molecule has 0 fully saturated rings. The topological polar surface area (TPSA) is 68.3 Å². The number of aromatic nitrogens is 1. The summed E-state index contributed by atoms with van der Waals surface area (Å²) >= 11 is 0. The molecular formula is C16H24N2O3. The molecule has 21 heavy (non-hydrogen) atoms. The van der Waals surface area contributed by atoms with Gasteiger partial charge >= 0.3 is 5.97 Å². The van der Waals surface area contributed by atoms with E-state index in [2.05, 4.69) is 10.3 Å². The Morgan fingerprint density at radius 3 is 2.43 bits per heavy atom. The van der Waals surface area contributed by atoms with Crippen molar-refractivity contribution >= 4 is 11.9 Å².